The third kappa shape index (κ3) is 2.77. The summed E-state index contributed by atoms with van der Waals surface area (Å²) >= 11 is 0. The molecule has 2 atom stereocenters. The van der Waals surface area contributed by atoms with Gasteiger partial charge < -0.3 is 5.32 Å². The van der Waals surface area contributed by atoms with E-state index < -0.39 is 0 Å². The first-order valence-corrected chi connectivity index (χ1v) is 6.95. The summed E-state index contributed by atoms with van der Waals surface area (Å²) in [4.78, 5) is 12.4. The number of allylic oxidation sites excluding steroid dienone is 2. The first-order chi connectivity index (χ1) is 9.23. The van der Waals surface area contributed by atoms with Crippen LogP contribution in [0.3, 0.4) is 0 Å². The number of nitrogens with one attached hydrogen (secondary N) is 1. The van der Waals surface area contributed by atoms with Gasteiger partial charge in [0.15, 0.2) is 0 Å². The molecule has 1 aromatic carbocycles. The highest BCUT2D eigenvalue weighted by atomic mass is 19.1. The molecule has 0 spiro atoms. The molecule has 0 aliphatic heterocycles. The van der Waals surface area contributed by atoms with Crippen LogP contribution in [0, 0.1) is 30.0 Å². The number of benzene rings is 1. The highest BCUT2D eigenvalue weighted by Crippen LogP contribution is 2.59. The summed E-state index contributed by atoms with van der Waals surface area (Å²) in [5, 5.41) is 2.86. The van der Waals surface area contributed by atoms with Crippen molar-refractivity contribution in [1.82, 2.24) is 0 Å². The van der Waals surface area contributed by atoms with Crippen molar-refractivity contribution in [2.24, 2.45) is 17.3 Å². The summed E-state index contributed by atoms with van der Waals surface area (Å²) in [5.74, 6) is -0.130. The second-order valence-electron chi connectivity index (χ2n) is 6.52. The van der Waals surface area contributed by atoms with Crippen molar-refractivity contribution >= 4 is 11.6 Å². The minimum Gasteiger partial charge on any atom is -0.325 e. The van der Waals surface area contributed by atoms with E-state index in [9.17, 15) is 9.18 Å². The SMILES string of the molecule is CC(C)=C[C@H]1[C@@H](C(=O)Nc2cc(F)ccc2C)C1(C)C. The molecule has 0 heterocycles. The summed E-state index contributed by atoms with van der Waals surface area (Å²) in [6, 6.07) is 4.45. The summed E-state index contributed by atoms with van der Waals surface area (Å²) in [5.41, 5.74) is 2.63. The highest BCUT2D eigenvalue weighted by molar-refractivity contribution is 5.96. The molecule has 3 heteroatoms. The van der Waals surface area contributed by atoms with Crippen LogP contribution >= 0.6 is 0 Å². The third-order valence-electron chi connectivity index (χ3n) is 4.16. The molecule has 20 heavy (non-hydrogen) atoms. The Hall–Kier alpha value is -1.64. The van der Waals surface area contributed by atoms with Crippen LogP contribution in [0.1, 0.15) is 33.3 Å². The number of carbonyl (C=O) groups excluding carboxylic acids is 1. The Bertz CT molecular complexity index is 570. The molecule has 1 aliphatic carbocycles. The zero-order chi connectivity index (χ0) is 15.1. The van der Waals surface area contributed by atoms with Gasteiger partial charge in [-0.25, -0.2) is 4.39 Å². The molecule has 108 valence electrons. The molecule has 0 unspecified atom stereocenters. The van der Waals surface area contributed by atoms with Crippen LogP contribution in [0.4, 0.5) is 10.1 Å². The largest absolute Gasteiger partial charge is 0.325 e. The van der Waals surface area contributed by atoms with Crippen molar-refractivity contribution in [2.75, 3.05) is 5.32 Å². The van der Waals surface area contributed by atoms with E-state index >= 15 is 0 Å². The van der Waals surface area contributed by atoms with Crippen LogP contribution in [0.5, 0.6) is 0 Å². The number of rotatable bonds is 3. The van der Waals surface area contributed by atoms with Gasteiger partial charge in [0.2, 0.25) is 5.91 Å². The van der Waals surface area contributed by atoms with Crippen molar-refractivity contribution in [3.05, 3.63) is 41.2 Å². The van der Waals surface area contributed by atoms with E-state index in [0.717, 1.165) is 5.56 Å². The van der Waals surface area contributed by atoms with E-state index in [2.05, 4.69) is 25.2 Å². The Balaban J connectivity index is 2.14. The van der Waals surface area contributed by atoms with Crippen LogP contribution in [0.25, 0.3) is 0 Å². The van der Waals surface area contributed by atoms with Crippen LogP contribution in [0.15, 0.2) is 29.8 Å². The van der Waals surface area contributed by atoms with Crippen LogP contribution < -0.4 is 5.32 Å². The lowest BCUT2D eigenvalue weighted by Crippen LogP contribution is -2.17. The van der Waals surface area contributed by atoms with E-state index in [-0.39, 0.29) is 29.0 Å². The van der Waals surface area contributed by atoms with Gasteiger partial charge in [-0.05, 0) is 49.8 Å². The summed E-state index contributed by atoms with van der Waals surface area (Å²) in [6.45, 7) is 10.1. The number of hydrogen-bond acceptors (Lipinski definition) is 1. The smallest absolute Gasteiger partial charge is 0.228 e. The quantitative estimate of drug-likeness (QED) is 0.818. The molecule has 2 nitrogen and oxygen atoms in total. The Morgan fingerprint density at radius 1 is 1.35 bits per heavy atom. The minimum atomic E-state index is -0.332. The molecule has 1 N–H and O–H groups in total. The van der Waals surface area contributed by atoms with E-state index in [0.29, 0.717) is 5.69 Å². The van der Waals surface area contributed by atoms with Crippen molar-refractivity contribution in [3.8, 4) is 0 Å². The minimum absolute atomic E-state index is 0.0220. The van der Waals surface area contributed by atoms with Crippen LogP contribution in [0.2, 0.25) is 0 Å². The average Bonchev–Trinajstić information content (AvgIpc) is 2.84. The predicted octanol–water partition coefficient (Wildman–Crippen LogP) is 4.31. The van der Waals surface area contributed by atoms with E-state index in [1.807, 2.05) is 20.8 Å². The molecule has 1 fully saturated rings. The Morgan fingerprint density at radius 3 is 2.60 bits per heavy atom. The van der Waals surface area contributed by atoms with Crippen molar-refractivity contribution in [1.29, 1.82) is 0 Å². The van der Waals surface area contributed by atoms with E-state index in [1.165, 1.54) is 17.7 Å². The lowest BCUT2D eigenvalue weighted by Gasteiger charge is -2.09. The molecule has 0 aromatic heterocycles. The highest BCUT2D eigenvalue weighted by Gasteiger charge is 2.60. The second kappa shape index (κ2) is 5.04. The van der Waals surface area contributed by atoms with Gasteiger partial charge in [0.1, 0.15) is 5.82 Å². The first kappa shape index (κ1) is 14.8. The summed E-state index contributed by atoms with van der Waals surface area (Å²) in [6.07, 6.45) is 2.16. The van der Waals surface area contributed by atoms with Gasteiger partial charge in [0.05, 0.1) is 5.92 Å². The maximum Gasteiger partial charge on any atom is 0.228 e. The van der Waals surface area contributed by atoms with Gasteiger partial charge in [0, 0.05) is 5.69 Å². The number of halogens is 1. The lowest BCUT2D eigenvalue weighted by atomic mass is 10.1. The fourth-order valence-electron chi connectivity index (χ4n) is 2.79. The van der Waals surface area contributed by atoms with Crippen molar-refractivity contribution < 1.29 is 9.18 Å². The molecular weight excluding hydrogens is 253 g/mol. The number of amides is 1. The molecule has 0 bridgehead atoms. The summed E-state index contributed by atoms with van der Waals surface area (Å²) < 4.78 is 13.3. The van der Waals surface area contributed by atoms with E-state index in [4.69, 9.17) is 0 Å². The topological polar surface area (TPSA) is 29.1 Å². The zero-order valence-electron chi connectivity index (χ0n) is 12.8. The van der Waals surface area contributed by atoms with Crippen LogP contribution in [-0.2, 0) is 4.79 Å². The summed E-state index contributed by atoms with van der Waals surface area (Å²) in [7, 11) is 0. The first-order valence-electron chi connectivity index (χ1n) is 6.95. The van der Waals surface area contributed by atoms with Crippen LogP contribution in [-0.4, -0.2) is 5.91 Å². The van der Waals surface area contributed by atoms with Gasteiger partial charge in [0.25, 0.3) is 0 Å². The van der Waals surface area contributed by atoms with Gasteiger partial charge in [-0.15, -0.1) is 0 Å². The predicted molar refractivity (Wildman–Crippen MR) is 80.0 cm³/mol. The number of hydrogen-bond donors (Lipinski definition) is 1. The Morgan fingerprint density at radius 2 is 2.00 bits per heavy atom. The monoisotopic (exact) mass is 275 g/mol. The molecule has 1 saturated carbocycles. The van der Waals surface area contributed by atoms with Crippen molar-refractivity contribution in [3.63, 3.8) is 0 Å². The normalized spacial score (nSPS) is 23.1. The van der Waals surface area contributed by atoms with Gasteiger partial charge in [-0.1, -0.05) is 31.6 Å². The van der Waals surface area contributed by atoms with Gasteiger partial charge >= 0.3 is 0 Å². The molecule has 0 saturated heterocycles. The number of anilines is 1. The molecule has 1 aliphatic rings. The lowest BCUT2D eigenvalue weighted by molar-refractivity contribution is -0.118. The van der Waals surface area contributed by atoms with Gasteiger partial charge in [-0.2, -0.15) is 0 Å². The molecular formula is C17H22FNO. The molecule has 2 rings (SSSR count). The molecule has 1 amide bonds. The number of aryl methyl sites for hydroxylation is 1. The number of carbonyl (C=O) groups is 1. The maximum absolute atomic E-state index is 13.3. The standard InChI is InChI=1S/C17H22FNO/c1-10(2)8-13-15(17(13,4)5)16(20)19-14-9-12(18)7-6-11(14)3/h6-9,13,15H,1-5H3,(H,19,20)/t13-,15-/m0/s1. The third-order valence-corrected chi connectivity index (χ3v) is 4.16. The fraction of sp³-hybridized carbons (Fsp3) is 0.471. The Labute approximate surface area is 120 Å². The second-order valence-corrected chi connectivity index (χ2v) is 6.52. The van der Waals surface area contributed by atoms with Crippen molar-refractivity contribution in [2.45, 2.75) is 34.6 Å². The average molecular weight is 275 g/mol. The zero-order valence-corrected chi connectivity index (χ0v) is 12.8. The van der Waals surface area contributed by atoms with E-state index in [1.54, 1.807) is 6.07 Å². The fourth-order valence-corrected chi connectivity index (χ4v) is 2.79. The Kier molecular flexibility index (Phi) is 3.72. The molecule has 1 aromatic rings. The van der Waals surface area contributed by atoms with Gasteiger partial charge in [-0.3, -0.25) is 4.79 Å². The molecule has 0 radical (unpaired) electrons. The maximum atomic E-state index is 13.3.